The maximum absolute atomic E-state index is 12.1. The number of hydrogen-bond donors (Lipinski definition) is 1. The van der Waals surface area contributed by atoms with E-state index in [0.29, 0.717) is 18.9 Å². The fourth-order valence-electron chi connectivity index (χ4n) is 2.37. The number of nitrogens with zero attached hydrogens (tertiary/aromatic N) is 3. The summed E-state index contributed by atoms with van der Waals surface area (Å²) in [6, 6.07) is 5.58. The molecule has 0 spiro atoms. The highest BCUT2D eigenvalue weighted by Crippen LogP contribution is 2.22. The number of amides is 1. The van der Waals surface area contributed by atoms with E-state index in [1.165, 1.54) is 0 Å². The summed E-state index contributed by atoms with van der Waals surface area (Å²) in [6.07, 6.45) is 4.97. The molecule has 1 N–H and O–H groups in total. The predicted octanol–water partition coefficient (Wildman–Crippen LogP) is 3.36. The first-order valence-corrected chi connectivity index (χ1v) is 9.08. The number of nitrogens with one attached hydrogen (secondary N) is 1. The zero-order valence-electron chi connectivity index (χ0n) is 14.2. The lowest BCUT2D eigenvalue weighted by molar-refractivity contribution is 0.0917. The number of aromatic nitrogens is 3. The molecule has 3 aromatic heterocycles. The zero-order valence-corrected chi connectivity index (χ0v) is 15.0. The molecule has 0 unspecified atom stereocenters. The molecule has 0 aromatic carbocycles. The van der Waals surface area contributed by atoms with E-state index in [0.717, 1.165) is 28.4 Å². The van der Waals surface area contributed by atoms with Gasteiger partial charge in [-0.2, -0.15) is 0 Å². The van der Waals surface area contributed by atoms with E-state index in [1.54, 1.807) is 29.8 Å². The molecule has 0 aliphatic rings. The van der Waals surface area contributed by atoms with E-state index < -0.39 is 0 Å². The summed E-state index contributed by atoms with van der Waals surface area (Å²) >= 11 is 1.59. The lowest BCUT2D eigenvalue weighted by Gasteiger charge is -2.00. The summed E-state index contributed by atoms with van der Waals surface area (Å²) in [7, 11) is 0. The Hall–Kier alpha value is -2.54. The van der Waals surface area contributed by atoms with Gasteiger partial charge in [-0.25, -0.2) is 4.98 Å². The third-order valence-electron chi connectivity index (χ3n) is 3.55. The fraction of sp³-hybridized carbons (Fsp3) is 0.333. The van der Waals surface area contributed by atoms with E-state index in [1.807, 2.05) is 17.5 Å². The van der Waals surface area contributed by atoms with Crippen molar-refractivity contribution in [3.05, 3.63) is 53.1 Å². The van der Waals surface area contributed by atoms with Crippen LogP contribution >= 0.6 is 11.3 Å². The average Bonchev–Trinajstić information content (AvgIpc) is 3.25. The van der Waals surface area contributed by atoms with Gasteiger partial charge in [0.25, 0.3) is 5.91 Å². The number of thiazole rings is 1. The van der Waals surface area contributed by atoms with Gasteiger partial charge in [0.1, 0.15) is 5.01 Å². The van der Waals surface area contributed by atoms with Gasteiger partial charge in [-0.05, 0) is 24.5 Å². The van der Waals surface area contributed by atoms with Crippen LogP contribution in [0.15, 0.2) is 40.5 Å². The number of hydrogen-bond acceptors (Lipinski definition) is 6. The Morgan fingerprint density at radius 2 is 2.08 bits per heavy atom. The summed E-state index contributed by atoms with van der Waals surface area (Å²) < 4.78 is 5.11. The van der Waals surface area contributed by atoms with Crippen LogP contribution in [0, 0.1) is 5.92 Å². The number of carbonyl (C=O) groups excluding carboxylic acids is 1. The van der Waals surface area contributed by atoms with E-state index in [4.69, 9.17) is 4.52 Å². The third kappa shape index (κ3) is 4.73. The molecule has 0 saturated heterocycles. The second-order valence-corrected chi connectivity index (χ2v) is 7.02. The van der Waals surface area contributed by atoms with Gasteiger partial charge in [0.05, 0.1) is 11.4 Å². The zero-order chi connectivity index (χ0) is 17.6. The number of rotatable bonds is 7. The lowest BCUT2D eigenvalue weighted by Crippen LogP contribution is -2.25. The first kappa shape index (κ1) is 17.3. The Labute approximate surface area is 150 Å². The third-order valence-corrected chi connectivity index (χ3v) is 4.49. The van der Waals surface area contributed by atoms with Gasteiger partial charge >= 0.3 is 0 Å². The second kappa shape index (κ2) is 8.02. The van der Waals surface area contributed by atoms with Crippen molar-refractivity contribution in [2.45, 2.75) is 26.7 Å². The molecule has 0 saturated carbocycles. The Morgan fingerprint density at radius 3 is 2.84 bits per heavy atom. The molecule has 6 nitrogen and oxygen atoms in total. The summed E-state index contributed by atoms with van der Waals surface area (Å²) in [5, 5.41) is 9.74. The maximum atomic E-state index is 12.1. The highest BCUT2D eigenvalue weighted by molar-refractivity contribution is 7.13. The minimum atomic E-state index is -0.243. The van der Waals surface area contributed by atoms with Crippen LogP contribution in [0.1, 0.15) is 35.8 Å². The van der Waals surface area contributed by atoms with Crippen LogP contribution in [-0.2, 0) is 12.8 Å². The van der Waals surface area contributed by atoms with Gasteiger partial charge in [-0.3, -0.25) is 9.78 Å². The molecular weight excluding hydrogens is 336 g/mol. The van der Waals surface area contributed by atoms with Crippen LogP contribution in [0.25, 0.3) is 10.6 Å². The molecule has 3 heterocycles. The number of pyridine rings is 1. The smallest absolute Gasteiger partial charge is 0.289 e. The minimum absolute atomic E-state index is 0.243. The Balaban J connectivity index is 1.50. The van der Waals surface area contributed by atoms with E-state index >= 15 is 0 Å². The molecule has 130 valence electrons. The SMILES string of the molecule is CC(C)Cc1cc(C(=O)NCCc2csc(-c3ccncc3)n2)on1. The molecule has 7 heteroatoms. The molecule has 3 rings (SSSR count). The van der Waals surface area contributed by atoms with Crippen LogP contribution in [0.4, 0.5) is 0 Å². The van der Waals surface area contributed by atoms with Crippen LogP contribution in [0.2, 0.25) is 0 Å². The highest BCUT2D eigenvalue weighted by Gasteiger charge is 2.13. The largest absolute Gasteiger partial charge is 0.351 e. The minimum Gasteiger partial charge on any atom is -0.351 e. The molecule has 0 aliphatic carbocycles. The summed E-state index contributed by atoms with van der Waals surface area (Å²) in [5.41, 5.74) is 2.81. The molecule has 0 fully saturated rings. The molecule has 1 amide bonds. The van der Waals surface area contributed by atoms with Gasteiger partial charge < -0.3 is 9.84 Å². The quantitative estimate of drug-likeness (QED) is 0.702. The van der Waals surface area contributed by atoms with Crippen LogP contribution < -0.4 is 5.32 Å². The van der Waals surface area contributed by atoms with Gasteiger partial charge in [-0.15, -0.1) is 11.3 Å². The normalized spacial score (nSPS) is 11.0. The van der Waals surface area contributed by atoms with Crippen LogP contribution in [0.5, 0.6) is 0 Å². The van der Waals surface area contributed by atoms with Crippen molar-refractivity contribution in [1.82, 2.24) is 20.4 Å². The lowest BCUT2D eigenvalue weighted by atomic mass is 10.1. The van der Waals surface area contributed by atoms with Gasteiger partial charge in [-0.1, -0.05) is 19.0 Å². The standard InChI is InChI=1S/C18H20N4O2S/c1-12(2)9-15-10-16(24-22-15)17(23)20-8-5-14-11-25-18(21-14)13-3-6-19-7-4-13/h3-4,6-7,10-12H,5,8-9H2,1-2H3,(H,20,23). The first-order chi connectivity index (χ1) is 12.1. The monoisotopic (exact) mass is 356 g/mol. The van der Waals surface area contributed by atoms with Crippen molar-refractivity contribution in [2.24, 2.45) is 5.92 Å². The summed E-state index contributed by atoms with van der Waals surface area (Å²) in [5.74, 6) is 0.485. The number of carbonyl (C=O) groups is 1. The Kier molecular flexibility index (Phi) is 5.55. The fourth-order valence-corrected chi connectivity index (χ4v) is 3.23. The van der Waals surface area contributed by atoms with E-state index in [2.05, 4.69) is 34.3 Å². The molecule has 3 aromatic rings. The molecule has 0 aliphatic heterocycles. The summed E-state index contributed by atoms with van der Waals surface area (Å²) in [4.78, 5) is 20.7. The van der Waals surface area contributed by atoms with Crippen molar-refractivity contribution >= 4 is 17.2 Å². The van der Waals surface area contributed by atoms with Crippen molar-refractivity contribution in [2.75, 3.05) is 6.54 Å². The molecule has 0 bridgehead atoms. The first-order valence-electron chi connectivity index (χ1n) is 8.20. The predicted molar refractivity (Wildman–Crippen MR) is 96.4 cm³/mol. The van der Waals surface area contributed by atoms with Crippen molar-refractivity contribution in [3.8, 4) is 10.6 Å². The van der Waals surface area contributed by atoms with Crippen molar-refractivity contribution < 1.29 is 9.32 Å². The van der Waals surface area contributed by atoms with Gasteiger partial charge in [0.2, 0.25) is 5.76 Å². The molecular formula is C18H20N4O2S. The van der Waals surface area contributed by atoms with Crippen molar-refractivity contribution in [3.63, 3.8) is 0 Å². The average molecular weight is 356 g/mol. The molecule has 0 radical (unpaired) electrons. The maximum Gasteiger partial charge on any atom is 0.289 e. The van der Waals surface area contributed by atoms with E-state index in [-0.39, 0.29) is 11.7 Å². The van der Waals surface area contributed by atoms with Crippen molar-refractivity contribution in [1.29, 1.82) is 0 Å². The molecule has 25 heavy (non-hydrogen) atoms. The van der Waals surface area contributed by atoms with Gasteiger partial charge in [0.15, 0.2) is 0 Å². The Bertz CT molecular complexity index is 826. The summed E-state index contributed by atoms with van der Waals surface area (Å²) in [6.45, 7) is 4.70. The van der Waals surface area contributed by atoms with Gasteiger partial charge in [0, 0.05) is 42.4 Å². The van der Waals surface area contributed by atoms with E-state index in [9.17, 15) is 4.79 Å². The topological polar surface area (TPSA) is 80.9 Å². The van der Waals surface area contributed by atoms with Crippen LogP contribution in [0.3, 0.4) is 0 Å². The Morgan fingerprint density at radius 1 is 1.28 bits per heavy atom. The second-order valence-electron chi connectivity index (χ2n) is 6.17. The highest BCUT2D eigenvalue weighted by atomic mass is 32.1. The van der Waals surface area contributed by atoms with Crippen LogP contribution in [-0.4, -0.2) is 27.6 Å². The molecule has 0 atom stereocenters.